The summed E-state index contributed by atoms with van der Waals surface area (Å²) in [7, 11) is -3.43. The number of rotatable bonds is 4. The second-order valence-electron chi connectivity index (χ2n) is 5.26. The van der Waals surface area contributed by atoms with Crippen LogP contribution in [0.3, 0.4) is 0 Å². The third kappa shape index (κ3) is 3.68. The van der Waals surface area contributed by atoms with Crippen molar-refractivity contribution in [3.05, 3.63) is 24.3 Å². The summed E-state index contributed by atoms with van der Waals surface area (Å²) < 4.78 is 27.3. The van der Waals surface area contributed by atoms with Crippen molar-refractivity contribution in [2.24, 2.45) is 11.8 Å². The smallest absolute Gasteiger partial charge is 0.240 e. The second-order valence-corrected chi connectivity index (χ2v) is 6.97. The number of benzene rings is 1. The first-order chi connectivity index (χ1) is 9.01. The first-order valence-electron chi connectivity index (χ1n) is 6.60. The number of anilines is 1. The van der Waals surface area contributed by atoms with Crippen LogP contribution in [0.5, 0.6) is 0 Å². The van der Waals surface area contributed by atoms with Gasteiger partial charge in [-0.05, 0) is 43.0 Å². The summed E-state index contributed by atoms with van der Waals surface area (Å²) in [5, 5.41) is 0. The molecule has 4 N–H and O–H groups in total. The summed E-state index contributed by atoms with van der Waals surface area (Å²) in [6, 6.07) is 6.48. The van der Waals surface area contributed by atoms with E-state index in [2.05, 4.69) is 17.1 Å². The Morgan fingerprint density at radius 3 is 2.47 bits per heavy atom. The topological polar surface area (TPSA) is 84.2 Å². The van der Waals surface area contributed by atoms with Crippen molar-refractivity contribution in [1.82, 2.24) is 4.72 Å². The van der Waals surface area contributed by atoms with Gasteiger partial charge >= 0.3 is 0 Å². The molecule has 2 atom stereocenters. The van der Waals surface area contributed by atoms with Crippen molar-refractivity contribution >= 4 is 15.7 Å². The van der Waals surface area contributed by atoms with Gasteiger partial charge in [0.25, 0.3) is 0 Å². The van der Waals surface area contributed by atoms with Gasteiger partial charge in [0.15, 0.2) is 0 Å². The van der Waals surface area contributed by atoms with Gasteiger partial charge in [0, 0.05) is 11.7 Å². The highest BCUT2D eigenvalue weighted by molar-refractivity contribution is 7.89. The summed E-state index contributed by atoms with van der Waals surface area (Å²) in [6.07, 6.45) is 4.12. The van der Waals surface area contributed by atoms with Gasteiger partial charge in [-0.3, -0.25) is 5.84 Å². The molecule has 1 saturated carbocycles. The molecule has 1 aliphatic rings. The van der Waals surface area contributed by atoms with E-state index in [-0.39, 0.29) is 10.9 Å². The van der Waals surface area contributed by atoms with Crippen LogP contribution in [0.1, 0.15) is 32.6 Å². The summed E-state index contributed by atoms with van der Waals surface area (Å²) in [6.45, 7) is 2.17. The van der Waals surface area contributed by atoms with Gasteiger partial charge in [0.2, 0.25) is 10.0 Å². The molecule has 1 aliphatic carbocycles. The first kappa shape index (κ1) is 14.3. The normalized spacial score (nSPS) is 24.1. The molecule has 0 amide bonds. The summed E-state index contributed by atoms with van der Waals surface area (Å²) in [5.41, 5.74) is 3.16. The molecular weight excluding hydrogens is 262 g/mol. The highest BCUT2D eigenvalue weighted by Gasteiger charge is 2.24. The predicted molar refractivity (Wildman–Crippen MR) is 76.0 cm³/mol. The molecule has 6 heteroatoms. The Bertz CT molecular complexity index is 513. The van der Waals surface area contributed by atoms with Crippen LogP contribution in [0.25, 0.3) is 0 Å². The average Bonchev–Trinajstić information content (AvgIpc) is 2.38. The number of hydrazine groups is 1. The lowest BCUT2D eigenvalue weighted by molar-refractivity contribution is 0.327. The Hall–Kier alpha value is -1.11. The quantitative estimate of drug-likeness (QED) is 0.581. The maximum atomic E-state index is 12.2. The van der Waals surface area contributed by atoms with Gasteiger partial charge in [-0.25, -0.2) is 13.1 Å². The molecular formula is C13H21N3O2S. The van der Waals surface area contributed by atoms with E-state index in [4.69, 9.17) is 5.84 Å². The van der Waals surface area contributed by atoms with Crippen LogP contribution in [0.2, 0.25) is 0 Å². The minimum absolute atomic E-state index is 0.0565. The number of nitrogen functional groups attached to an aromatic ring is 1. The molecule has 0 spiro atoms. The molecule has 0 aromatic heterocycles. The Balaban J connectivity index is 2.08. The van der Waals surface area contributed by atoms with Crippen LogP contribution < -0.4 is 16.0 Å². The number of hydrogen-bond donors (Lipinski definition) is 3. The van der Waals surface area contributed by atoms with E-state index in [0.29, 0.717) is 11.6 Å². The zero-order valence-electron chi connectivity index (χ0n) is 11.1. The van der Waals surface area contributed by atoms with E-state index in [1.807, 2.05) is 0 Å². The van der Waals surface area contributed by atoms with Gasteiger partial charge in [-0.15, -0.1) is 0 Å². The van der Waals surface area contributed by atoms with Crippen LogP contribution in [-0.2, 0) is 10.0 Å². The average molecular weight is 283 g/mol. The Kier molecular flexibility index (Phi) is 4.44. The van der Waals surface area contributed by atoms with Crippen molar-refractivity contribution in [1.29, 1.82) is 0 Å². The van der Waals surface area contributed by atoms with Crippen molar-refractivity contribution in [3.8, 4) is 0 Å². The highest BCUT2D eigenvalue weighted by Crippen LogP contribution is 2.25. The van der Waals surface area contributed by atoms with Gasteiger partial charge in [0.1, 0.15) is 0 Å². The number of nitrogens with two attached hydrogens (primary N) is 1. The Morgan fingerprint density at radius 2 is 1.89 bits per heavy atom. The molecule has 1 fully saturated rings. The maximum absolute atomic E-state index is 12.2. The SMILES string of the molecule is CC1CCCC(NS(=O)(=O)c2ccc(NN)cc2)C1. The van der Waals surface area contributed by atoms with Gasteiger partial charge in [-0.2, -0.15) is 0 Å². The summed E-state index contributed by atoms with van der Waals surface area (Å²) in [4.78, 5) is 0.282. The maximum Gasteiger partial charge on any atom is 0.240 e. The van der Waals surface area contributed by atoms with E-state index in [1.54, 1.807) is 24.3 Å². The fourth-order valence-corrected chi connectivity index (χ4v) is 3.84. The lowest BCUT2D eigenvalue weighted by Gasteiger charge is -2.27. The van der Waals surface area contributed by atoms with Crippen LogP contribution in [0.4, 0.5) is 5.69 Å². The molecule has 0 radical (unpaired) electrons. The van der Waals surface area contributed by atoms with Gasteiger partial charge in [0.05, 0.1) is 4.90 Å². The largest absolute Gasteiger partial charge is 0.324 e. The van der Waals surface area contributed by atoms with Crippen LogP contribution in [-0.4, -0.2) is 14.5 Å². The molecule has 2 unspecified atom stereocenters. The molecule has 5 nitrogen and oxygen atoms in total. The third-order valence-corrected chi connectivity index (χ3v) is 5.13. The van der Waals surface area contributed by atoms with E-state index in [0.717, 1.165) is 19.3 Å². The Labute approximate surface area is 114 Å². The first-order valence-corrected chi connectivity index (χ1v) is 8.08. The van der Waals surface area contributed by atoms with Crippen molar-refractivity contribution in [2.75, 3.05) is 5.43 Å². The second kappa shape index (κ2) is 5.90. The highest BCUT2D eigenvalue weighted by atomic mass is 32.2. The summed E-state index contributed by atoms with van der Waals surface area (Å²) in [5.74, 6) is 5.85. The molecule has 0 heterocycles. The number of hydrogen-bond acceptors (Lipinski definition) is 4. The van der Waals surface area contributed by atoms with Crippen molar-refractivity contribution in [3.63, 3.8) is 0 Å². The van der Waals surface area contributed by atoms with Gasteiger partial charge < -0.3 is 5.43 Å². The monoisotopic (exact) mass is 283 g/mol. The van der Waals surface area contributed by atoms with E-state index < -0.39 is 10.0 Å². The molecule has 1 aromatic carbocycles. The minimum Gasteiger partial charge on any atom is -0.324 e. The van der Waals surface area contributed by atoms with Crippen LogP contribution in [0.15, 0.2) is 29.2 Å². The van der Waals surface area contributed by atoms with Crippen LogP contribution in [0, 0.1) is 5.92 Å². The Morgan fingerprint density at radius 1 is 1.21 bits per heavy atom. The third-order valence-electron chi connectivity index (χ3n) is 3.59. The fraction of sp³-hybridized carbons (Fsp3) is 0.538. The molecule has 1 aromatic rings. The molecule has 2 rings (SSSR count). The standard InChI is InChI=1S/C13H21N3O2S/c1-10-3-2-4-12(9-10)16-19(17,18)13-7-5-11(15-14)6-8-13/h5-8,10,12,15-16H,2-4,9,14H2,1H3. The van der Waals surface area contributed by atoms with Crippen LogP contribution >= 0.6 is 0 Å². The molecule has 19 heavy (non-hydrogen) atoms. The minimum atomic E-state index is -3.43. The molecule has 0 aliphatic heterocycles. The predicted octanol–water partition coefficient (Wildman–Crippen LogP) is 1.83. The number of nitrogens with one attached hydrogen (secondary N) is 2. The van der Waals surface area contributed by atoms with Gasteiger partial charge in [-0.1, -0.05) is 19.8 Å². The van der Waals surface area contributed by atoms with Crippen molar-refractivity contribution < 1.29 is 8.42 Å². The van der Waals surface area contributed by atoms with E-state index in [1.165, 1.54) is 6.42 Å². The lowest BCUT2D eigenvalue weighted by Crippen LogP contribution is -2.37. The number of sulfonamides is 1. The lowest BCUT2D eigenvalue weighted by atomic mass is 9.88. The zero-order chi connectivity index (χ0) is 13.9. The van der Waals surface area contributed by atoms with E-state index in [9.17, 15) is 8.42 Å². The van der Waals surface area contributed by atoms with Crippen molar-refractivity contribution in [2.45, 2.75) is 43.5 Å². The zero-order valence-corrected chi connectivity index (χ0v) is 11.9. The van der Waals surface area contributed by atoms with E-state index >= 15 is 0 Å². The molecule has 0 bridgehead atoms. The molecule has 0 saturated heterocycles. The fourth-order valence-electron chi connectivity index (χ4n) is 2.56. The molecule has 106 valence electrons. The summed E-state index contributed by atoms with van der Waals surface area (Å²) >= 11 is 0.